The van der Waals surface area contributed by atoms with Crippen molar-refractivity contribution >= 4 is 22.8 Å². The van der Waals surface area contributed by atoms with Crippen molar-refractivity contribution in [2.45, 2.75) is 24.5 Å². The van der Waals surface area contributed by atoms with Gasteiger partial charge in [-0.3, -0.25) is 4.57 Å². The Labute approximate surface area is 112 Å². The molecule has 4 atom stereocenters. The van der Waals surface area contributed by atoms with Gasteiger partial charge in [0.25, 0.3) is 0 Å². The van der Waals surface area contributed by atoms with Crippen LogP contribution >= 0.6 is 11.6 Å². The fourth-order valence-corrected chi connectivity index (χ4v) is 2.30. The Morgan fingerprint density at radius 2 is 2.05 bits per heavy atom. The van der Waals surface area contributed by atoms with Crippen molar-refractivity contribution < 1.29 is 20.1 Å². The topological polar surface area (TPSA) is 114 Å². The molecule has 9 heteroatoms. The third kappa shape index (κ3) is 1.88. The minimum Gasteiger partial charge on any atom is -0.394 e. The van der Waals surface area contributed by atoms with Crippen molar-refractivity contribution in [1.82, 2.24) is 19.5 Å². The van der Waals surface area contributed by atoms with E-state index in [4.69, 9.17) is 21.4 Å². The second-order valence-corrected chi connectivity index (χ2v) is 4.58. The van der Waals surface area contributed by atoms with Crippen LogP contribution in [0, 0.1) is 0 Å². The van der Waals surface area contributed by atoms with Crippen LogP contribution < -0.4 is 0 Å². The molecule has 0 aromatic carbocycles. The highest BCUT2D eigenvalue weighted by molar-refractivity contribution is 6.33. The van der Waals surface area contributed by atoms with E-state index in [9.17, 15) is 10.2 Å². The first kappa shape index (κ1) is 12.7. The van der Waals surface area contributed by atoms with Crippen LogP contribution in [-0.4, -0.2) is 59.8 Å². The van der Waals surface area contributed by atoms with Gasteiger partial charge in [0.15, 0.2) is 17.0 Å². The van der Waals surface area contributed by atoms with Gasteiger partial charge in [-0.25, -0.2) is 15.0 Å². The highest BCUT2D eigenvalue weighted by Crippen LogP contribution is 2.31. The van der Waals surface area contributed by atoms with Crippen LogP contribution in [0.15, 0.2) is 12.7 Å². The molecule has 1 fully saturated rings. The molecule has 3 rings (SSSR count). The molecule has 0 saturated carbocycles. The van der Waals surface area contributed by atoms with Crippen LogP contribution in [0.4, 0.5) is 0 Å². The van der Waals surface area contributed by atoms with E-state index in [0.717, 1.165) is 0 Å². The molecule has 8 nitrogen and oxygen atoms in total. The van der Waals surface area contributed by atoms with Gasteiger partial charge in [-0.05, 0) is 0 Å². The van der Waals surface area contributed by atoms with Crippen LogP contribution in [0.2, 0.25) is 5.15 Å². The molecule has 2 aromatic heterocycles. The first-order valence-corrected chi connectivity index (χ1v) is 5.96. The van der Waals surface area contributed by atoms with E-state index >= 15 is 0 Å². The van der Waals surface area contributed by atoms with Gasteiger partial charge in [0.05, 0.1) is 12.9 Å². The molecule has 0 amide bonds. The molecule has 1 aliphatic rings. The summed E-state index contributed by atoms with van der Waals surface area (Å²) in [5, 5.41) is 28.9. The molecule has 0 spiro atoms. The number of hydrogen-bond acceptors (Lipinski definition) is 7. The van der Waals surface area contributed by atoms with E-state index in [1.165, 1.54) is 17.2 Å². The van der Waals surface area contributed by atoms with E-state index in [1.54, 1.807) is 0 Å². The monoisotopic (exact) mass is 286 g/mol. The lowest BCUT2D eigenvalue weighted by Gasteiger charge is -2.16. The summed E-state index contributed by atoms with van der Waals surface area (Å²) < 4.78 is 6.85. The quantitative estimate of drug-likeness (QED) is 0.613. The molecule has 1 saturated heterocycles. The number of aliphatic hydroxyl groups excluding tert-OH is 3. The zero-order chi connectivity index (χ0) is 13.6. The van der Waals surface area contributed by atoms with Gasteiger partial charge in [-0.1, -0.05) is 11.6 Å². The van der Waals surface area contributed by atoms with Crippen molar-refractivity contribution in [1.29, 1.82) is 0 Å². The van der Waals surface area contributed by atoms with Crippen LogP contribution in [0.1, 0.15) is 6.23 Å². The average Bonchev–Trinajstić information content (AvgIpc) is 2.94. The Balaban J connectivity index is 2.04. The highest BCUT2D eigenvalue weighted by Gasteiger charge is 2.43. The number of imidazole rings is 1. The van der Waals surface area contributed by atoms with Crippen molar-refractivity contribution in [3.05, 3.63) is 17.8 Å². The fourth-order valence-electron chi connectivity index (χ4n) is 2.12. The maximum Gasteiger partial charge on any atom is 0.167 e. The van der Waals surface area contributed by atoms with Crippen molar-refractivity contribution in [3.8, 4) is 0 Å². The molecule has 0 bridgehead atoms. The molecule has 19 heavy (non-hydrogen) atoms. The lowest BCUT2D eigenvalue weighted by Crippen LogP contribution is -2.33. The number of aliphatic hydroxyl groups is 3. The summed E-state index contributed by atoms with van der Waals surface area (Å²) in [5.41, 5.74) is 0.761. The van der Waals surface area contributed by atoms with E-state index in [2.05, 4.69) is 15.0 Å². The fraction of sp³-hybridized carbons (Fsp3) is 0.500. The lowest BCUT2D eigenvalue weighted by molar-refractivity contribution is -0.0511. The number of aromatic nitrogens is 4. The smallest absolute Gasteiger partial charge is 0.167 e. The van der Waals surface area contributed by atoms with Gasteiger partial charge < -0.3 is 20.1 Å². The zero-order valence-corrected chi connectivity index (χ0v) is 10.3. The summed E-state index contributed by atoms with van der Waals surface area (Å²) in [5.74, 6) is 0. The van der Waals surface area contributed by atoms with Gasteiger partial charge in [0, 0.05) is 0 Å². The molecule has 2 aromatic rings. The maximum absolute atomic E-state index is 9.95. The second kappa shape index (κ2) is 4.66. The number of fused-ring (bicyclic) bond motifs is 1. The minimum atomic E-state index is -1.19. The molecular weight excluding hydrogens is 276 g/mol. The van der Waals surface area contributed by atoms with E-state index in [0.29, 0.717) is 11.2 Å². The lowest BCUT2D eigenvalue weighted by atomic mass is 10.1. The predicted octanol–water partition coefficient (Wildman–Crippen LogP) is -0.909. The molecule has 1 aliphatic heterocycles. The number of nitrogens with zero attached hydrogens (tertiary/aromatic N) is 4. The number of halogens is 1. The van der Waals surface area contributed by atoms with E-state index < -0.39 is 31.1 Å². The molecule has 102 valence electrons. The average molecular weight is 287 g/mol. The standard InChI is InChI=1S/C10H11ClN4O4/c11-8-5-9(13-2-12-8)15(3-14-5)10-7(18)6(17)4(1-16)19-10/h2-4,6-7,10,16-18H,1H2/t4-,6-,7?,10-/m1/s1. The first-order chi connectivity index (χ1) is 9.13. The summed E-state index contributed by atoms with van der Waals surface area (Å²) in [4.78, 5) is 11.9. The molecular formula is C10H11ClN4O4. The predicted molar refractivity (Wildman–Crippen MR) is 63.3 cm³/mol. The molecule has 0 aliphatic carbocycles. The van der Waals surface area contributed by atoms with Crippen molar-refractivity contribution in [3.63, 3.8) is 0 Å². The number of rotatable bonds is 2. The summed E-state index contributed by atoms with van der Waals surface area (Å²) >= 11 is 5.88. The second-order valence-electron chi connectivity index (χ2n) is 4.22. The van der Waals surface area contributed by atoms with E-state index in [1.807, 2.05) is 0 Å². The Morgan fingerprint density at radius 3 is 2.74 bits per heavy atom. The molecule has 1 unspecified atom stereocenters. The van der Waals surface area contributed by atoms with Crippen molar-refractivity contribution in [2.24, 2.45) is 0 Å². The molecule has 3 heterocycles. The Morgan fingerprint density at radius 1 is 1.26 bits per heavy atom. The van der Waals surface area contributed by atoms with Crippen LogP contribution in [-0.2, 0) is 4.74 Å². The Kier molecular flexibility index (Phi) is 3.11. The Hall–Kier alpha value is -1.32. The van der Waals surface area contributed by atoms with Crippen molar-refractivity contribution in [2.75, 3.05) is 6.61 Å². The zero-order valence-electron chi connectivity index (χ0n) is 9.59. The summed E-state index contributed by atoms with van der Waals surface area (Å²) in [6.45, 7) is -0.392. The number of hydrogen-bond donors (Lipinski definition) is 3. The summed E-state index contributed by atoms with van der Waals surface area (Å²) in [7, 11) is 0. The third-order valence-corrected chi connectivity index (χ3v) is 3.38. The minimum absolute atomic E-state index is 0.190. The molecule has 0 radical (unpaired) electrons. The number of ether oxygens (including phenoxy) is 1. The normalized spacial score (nSPS) is 31.2. The maximum atomic E-state index is 9.95. The largest absolute Gasteiger partial charge is 0.394 e. The SMILES string of the molecule is OC[C@H]1O[C@@H](n2cnc3c(Cl)ncnc32)C(O)[C@@H]1O. The van der Waals surface area contributed by atoms with Crippen LogP contribution in [0.3, 0.4) is 0 Å². The first-order valence-electron chi connectivity index (χ1n) is 5.59. The summed E-state index contributed by atoms with van der Waals surface area (Å²) in [6, 6.07) is 0. The van der Waals surface area contributed by atoms with Gasteiger partial charge in [-0.2, -0.15) is 0 Å². The molecule has 3 N–H and O–H groups in total. The highest BCUT2D eigenvalue weighted by atomic mass is 35.5. The van der Waals surface area contributed by atoms with E-state index in [-0.39, 0.29) is 5.15 Å². The van der Waals surface area contributed by atoms with Gasteiger partial charge >= 0.3 is 0 Å². The van der Waals surface area contributed by atoms with Gasteiger partial charge in [0.1, 0.15) is 30.2 Å². The van der Waals surface area contributed by atoms with Crippen LogP contribution in [0.25, 0.3) is 11.2 Å². The summed E-state index contributed by atoms with van der Waals surface area (Å²) in [6.07, 6.45) is -1.44. The van der Waals surface area contributed by atoms with Gasteiger partial charge in [0.2, 0.25) is 0 Å². The van der Waals surface area contributed by atoms with Gasteiger partial charge in [-0.15, -0.1) is 0 Å². The Bertz CT molecular complexity index is 606. The third-order valence-electron chi connectivity index (χ3n) is 3.11. The van der Waals surface area contributed by atoms with Crippen LogP contribution in [0.5, 0.6) is 0 Å².